The molecule has 2 N–H and O–H groups in total. The van der Waals surface area contributed by atoms with Crippen LogP contribution < -0.4 is 5.32 Å². The van der Waals surface area contributed by atoms with Gasteiger partial charge in [0.15, 0.2) is 0 Å². The number of hydrogen-bond acceptors (Lipinski definition) is 3. The molecular weight excluding hydrogens is 342 g/mol. The Morgan fingerprint density at radius 3 is 2.00 bits per heavy atom. The smallest absolute Gasteiger partial charge is 0.326 e. The van der Waals surface area contributed by atoms with Crippen molar-refractivity contribution in [3.8, 4) is 0 Å². The van der Waals surface area contributed by atoms with Crippen molar-refractivity contribution in [2.45, 2.75) is 37.6 Å². The Balaban J connectivity index is 1.87. The van der Waals surface area contributed by atoms with Gasteiger partial charge in [-0.05, 0) is 29.9 Å². The van der Waals surface area contributed by atoms with Crippen molar-refractivity contribution in [2.24, 2.45) is 5.92 Å². The standard InChI is InChI=1S/C22H23NO4/c24-18-13-7-12-17(14-18)20(22(26)27)23-21(25)19(15-8-3-1-4-9-15)16-10-5-2-6-11-16/h1-6,8-11,17,19-20H,7,12-14H2,(H,23,25)(H,26,27)/t17-,20+/m1/s1. The van der Waals surface area contributed by atoms with Gasteiger partial charge in [-0.1, -0.05) is 60.7 Å². The fourth-order valence-corrected chi connectivity index (χ4v) is 3.75. The molecule has 5 heteroatoms. The molecule has 0 aromatic heterocycles. The maximum atomic E-state index is 13.1. The first kappa shape index (κ1) is 18.8. The van der Waals surface area contributed by atoms with Gasteiger partial charge in [-0.3, -0.25) is 9.59 Å². The van der Waals surface area contributed by atoms with E-state index < -0.39 is 17.9 Å². The van der Waals surface area contributed by atoms with Crippen LogP contribution in [0.1, 0.15) is 42.7 Å². The number of amides is 1. The maximum Gasteiger partial charge on any atom is 0.326 e. The second-order valence-electron chi connectivity index (χ2n) is 6.97. The van der Waals surface area contributed by atoms with E-state index in [9.17, 15) is 19.5 Å². The third kappa shape index (κ3) is 4.61. The zero-order chi connectivity index (χ0) is 19.2. The van der Waals surface area contributed by atoms with E-state index in [4.69, 9.17) is 0 Å². The highest BCUT2D eigenvalue weighted by atomic mass is 16.4. The first-order valence-electron chi connectivity index (χ1n) is 9.21. The topological polar surface area (TPSA) is 83.5 Å². The van der Waals surface area contributed by atoms with E-state index in [1.807, 2.05) is 60.7 Å². The molecule has 1 fully saturated rings. The first-order valence-corrected chi connectivity index (χ1v) is 9.21. The lowest BCUT2D eigenvalue weighted by Gasteiger charge is -2.29. The summed E-state index contributed by atoms with van der Waals surface area (Å²) in [6.07, 6.45) is 2.00. The summed E-state index contributed by atoms with van der Waals surface area (Å²) in [6.45, 7) is 0. The highest BCUT2D eigenvalue weighted by Gasteiger charge is 2.35. The molecule has 5 nitrogen and oxygen atoms in total. The van der Waals surface area contributed by atoms with Gasteiger partial charge in [0, 0.05) is 12.8 Å². The van der Waals surface area contributed by atoms with E-state index in [0.717, 1.165) is 11.1 Å². The van der Waals surface area contributed by atoms with Gasteiger partial charge in [0.2, 0.25) is 5.91 Å². The number of benzene rings is 2. The van der Waals surface area contributed by atoms with Crippen molar-refractivity contribution in [1.29, 1.82) is 0 Å². The quantitative estimate of drug-likeness (QED) is 0.824. The Morgan fingerprint density at radius 1 is 0.963 bits per heavy atom. The summed E-state index contributed by atoms with van der Waals surface area (Å²) in [5, 5.41) is 12.4. The second-order valence-corrected chi connectivity index (χ2v) is 6.97. The molecule has 0 saturated heterocycles. The third-order valence-corrected chi connectivity index (χ3v) is 5.08. The second kappa shape index (κ2) is 8.62. The Morgan fingerprint density at radius 2 is 1.52 bits per heavy atom. The minimum absolute atomic E-state index is 0.0643. The number of rotatable bonds is 6. The van der Waals surface area contributed by atoms with E-state index in [1.165, 1.54) is 0 Å². The predicted octanol–water partition coefficient (Wildman–Crippen LogP) is 3.15. The number of nitrogens with one attached hydrogen (secondary N) is 1. The lowest BCUT2D eigenvalue weighted by atomic mass is 9.82. The molecule has 0 bridgehead atoms. The molecule has 0 aliphatic heterocycles. The van der Waals surface area contributed by atoms with Crippen molar-refractivity contribution in [3.05, 3.63) is 71.8 Å². The summed E-state index contributed by atoms with van der Waals surface area (Å²) in [5.74, 6) is -2.36. The first-order chi connectivity index (χ1) is 13.1. The van der Waals surface area contributed by atoms with Crippen LogP contribution in [0.5, 0.6) is 0 Å². The number of hydrogen-bond donors (Lipinski definition) is 2. The summed E-state index contributed by atoms with van der Waals surface area (Å²) in [5.41, 5.74) is 1.59. The van der Waals surface area contributed by atoms with Crippen LogP contribution in [0, 0.1) is 5.92 Å². The van der Waals surface area contributed by atoms with Crippen molar-refractivity contribution < 1.29 is 19.5 Å². The highest BCUT2D eigenvalue weighted by molar-refractivity contribution is 5.91. The molecule has 0 unspecified atom stereocenters. The molecule has 2 aromatic carbocycles. The van der Waals surface area contributed by atoms with Crippen LogP contribution in [0.3, 0.4) is 0 Å². The summed E-state index contributed by atoms with van der Waals surface area (Å²) >= 11 is 0. The molecule has 0 heterocycles. The minimum atomic E-state index is -1.09. The zero-order valence-corrected chi connectivity index (χ0v) is 15.0. The number of Topliss-reactive ketones (excluding diaryl/α,β-unsaturated/α-hetero) is 1. The van der Waals surface area contributed by atoms with Gasteiger partial charge >= 0.3 is 5.97 Å². The lowest BCUT2D eigenvalue weighted by Crippen LogP contribution is -2.49. The summed E-state index contributed by atoms with van der Waals surface area (Å²) in [6, 6.07) is 17.5. The summed E-state index contributed by atoms with van der Waals surface area (Å²) in [7, 11) is 0. The lowest BCUT2D eigenvalue weighted by molar-refractivity contribution is -0.144. The number of ketones is 1. The van der Waals surface area contributed by atoms with Crippen LogP contribution in [-0.4, -0.2) is 28.8 Å². The van der Waals surface area contributed by atoms with Gasteiger partial charge in [-0.15, -0.1) is 0 Å². The molecule has 27 heavy (non-hydrogen) atoms. The molecule has 1 saturated carbocycles. The van der Waals surface area contributed by atoms with Crippen LogP contribution >= 0.6 is 0 Å². The van der Waals surface area contributed by atoms with Crippen molar-refractivity contribution >= 4 is 17.7 Å². The molecule has 2 aromatic rings. The van der Waals surface area contributed by atoms with Gasteiger partial charge in [0.25, 0.3) is 0 Å². The average Bonchev–Trinajstić information content (AvgIpc) is 2.68. The van der Waals surface area contributed by atoms with Gasteiger partial charge < -0.3 is 10.4 Å². The Hall–Kier alpha value is -2.95. The normalized spacial score (nSPS) is 18.1. The summed E-state index contributed by atoms with van der Waals surface area (Å²) < 4.78 is 0. The van der Waals surface area contributed by atoms with Crippen molar-refractivity contribution in [3.63, 3.8) is 0 Å². The fraction of sp³-hybridized carbons (Fsp3) is 0.318. The maximum absolute atomic E-state index is 13.1. The zero-order valence-electron chi connectivity index (χ0n) is 15.0. The monoisotopic (exact) mass is 365 g/mol. The van der Waals surface area contributed by atoms with E-state index in [0.29, 0.717) is 19.3 Å². The van der Waals surface area contributed by atoms with Crippen LogP contribution in [-0.2, 0) is 14.4 Å². The van der Waals surface area contributed by atoms with Gasteiger partial charge in [-0.25, -0.2) is 4.79 Å². The molecule has 1 aliphatic carbocycles. The van der Waals surface area contributed by atoms with Crippen LogP contribution in [0.2, 0.25) is 0 Å². The van der Waals surface area contributed by atoms with E-state index in [-0.39, 0.29) is 24.0 Å². The van der Waals surface area contributed by atoms with Crippen LogP contribution in [0.25, 0.3) is 0 Å². The number of carboxylic acids is 1. The largest absolute Gasteiger partial charge is 0.480 e. The molecule has 140 valence electrons. The number of carbonyl (C=O) groups is 3. The average molecular weight is 365 g/mol. The predicted molar refractivity (Wildman–Crippen MR) is 101 cm³/mol. The molecule has 2 atom stereocenters. The van der Waals surface area contributed by atoms with Crippen molar-refractivity contribution in [2.75, 3.05) is 0 Å². The number of aliphatic carboxylic acids is 1. The van der Waals surface area contributed by atoms with Crippen molar-refractivity contribution in [1.82, 2.24) is 5.32 Å². The third-order valence-electron chi connectivity index (χ3n) is 5.08. The van der Waals surface area contributed by atoms with Crippen LogP contribution in [0.4, 0.5) is 0 Å². The molecular formula is C22H23NO4. The van der Waals surface area contributed by atoms with Gasteiger partial charge in [-0.2, -0.15) is 0 Å². The Bertz CT molecular complexity index is 764. The minimum Gasteiger partial charge on any atom is -0.480 e. The fourth-order valence-electron chi connectivity index (χ4n) is 3.75. The SMILES string of the molecule is O=C1CCC[C@@H]([C@H](NC(=O)C(c2ccccc2)c2ccccc2)C(=O)O)C1. The Labute approximate surface area is 158 Å². The summed E-state index contributed by atoms with van der Waals surface area (Å²) in [4.78, 5) is 36.7. The molecule has 0 spiro atoms. The molecule has 1 amide bonds. The van der Waals surface area contributed by atoms with Gasteiger partial charge in [0.1, 0.15) is 11.8 Å². The molecule has 3 rings (SSSR count). The highest BCUT2D eigenvalue weighted by Crippen LogP contribution is 2.28. The number of carboxylic acid groups (broad SMARTS) is 1. The van der Waals surface area contributed by atoms with E-state index >= 15 is 0 Å². The van der Waals surface area contributed by atoms with Gasteiger partial charge in [0.05, 0.1) is 5.92 Å². The van der Waals surface area contributed by atoms with E-state index in [2.05, 4.69) is 5.32 Å². The molecule has 0 radical (unpaired) electrons. The number of carbonyl (C=O) groups excluding carboxylic acids is 2. The Kier molecular flexibility index (Phi) is 6.01. The van der Waals surface area contributed by atoms with Crippen LogP contribution in [0.15, 0.2) is 60.7 Å². The van der Waals surface area contributed by atoms with E-state index in [1.54, 1.807) is 0 Å². The molecule has 1 aliphatic rings.